The summed E-state index contributed by atoms with van der Waals surface area (Å²) in [5.74, 6) is 2.71. The van der Waals surface area contributed by atoms with Crippen LogP contribution in [0.3, 0.4) is 0 Å². The molecule has 2 fully saturated rings. The largest absolute Gasteiger partial charge is 0.444 e. The SMILES string of the molecule is CCc1cnc(CN2CC(C)(C3CC3)NCC2C)o1. The monoisotopic (exact) mass is 263 g/mol. The van der Waals surface area contributed by atoms with E-state index in [1.165, 1.54) is 12.8 Å². The van der Waals surface area contributed by atoms with E-state index in [2.05, 4.69) is 36.0 Å². The summed E-state index contributed by atoms with van der Waals surface area (Å²) >= 11 is 0. The molecule has 0 aromatic carbocycles. The van der Waals surface area contributed by atoms with Gasteiger partial charge < -0.3 is 9.73 Å². The lowest BCUT2D eigenvalue weighted by atomic mass is 9.91. The molecule has 1 aliphatic carbocycles. The molecule has 0 amide bonds. The average Bonchev–Trinajstić information content (AvgIpc) is 3.16. The molecule has 2 atom stereocenters. The fourth-order valence-corrected chi connectivity index (χ4v) is 3.11. The Hall–Kier alpha value is -0.870. The minimum Gasteiger partial charge on any atom is -0.444 e. The minimum atomic E-state index is 0.284. The highest BCUT2D eigenvalue weighted by atomic mass is 16.4. The van der Waals surface area contributed by atoms with Crippen molar-refractivity contribution in [2.45, 2.75) is 58.2 Å². The Morgan fingerprint density at radius 1 is 1.53 bits per heavy atom. The number of nitrogens with zero attached hydrogens (tertiary/aromatic N) is 2. The first kappa shape index (κ1) is 13.1. The number of aryl methyl sites for hydroxylation is 1. The molecule has 0 bridgehead atoms. The van der Waals surface area contributed by atoms with E-state index < -0.39 is 0 Å². The Balaban J connectivity index is 1.67. The van der Waals surface area contributed by atoms with Gasteiger partial charge in [-0.05, 0) is 32.6 Å². The third-order valence-corrected chi connectivity index (χ3v) is 4.72. The number of hydrogen-bond donors (Lipinski definition) is 1. The Morgan fingerprint density at radius 2 is 2.32 bits per heavy atom. The molecule has 1 aromatic rings. The predicted octanol–water partition coefficient (Wildman–Crippen LogP) is 2.20. The molecule has 19 heavy (non-hydrogen) atoms. The normalized spacial score (nSPS) is 32.7. The van der Waals surface area contributed by atoms with Crippen molar-refractivity contribution in [3.05, 3.63) is 17.8 Å². The molecule has 3 rings (SSSR count). The van der Waals surface area contributed by atoms with Crippen LogP contribution in [0.1, 0.15) is 45.3 Å². The maximum absolute atomic E-state index is 5.75. The smallest absolute Gasteiger partial charge is 0.208 e. The molecule has 1 aliphatic heterocycles. The van der Waals surface area contributed by atoms with E-state index >= 15 is 0 Å². The van der Waals surface area contributed by atoms with E-state index in [1.54, 1.807) is 0 Å². The first-order chi connectivity index (χ1) is 9.10. The second-order valence-electron chi connectivity index (χ2n) is 6.40. The minimum absolute atomic E-state index is 0.284. The summed E-state index contributed by atoms with van der Waals surface area (Å²) < 4.78 is 5.75. The Labute approximate surface area is 115 Å². The van der Waals surface area contributed by atoms with Crippen LogP contribution in [0.5, 0.6) is 0 Å². The molecule has 2 heterocycles. The summed E-state index contributed by atoms with van der Waals surface area (Å²) in [6, 6.07) is 0.545. The molecule has 2 unspecified atom stereocenters. The fraction of sp³-hybridized carbons (Fsp3) is 0.800. The summed E-state index contributed by atoms with van der Waals surface area (Å²) in [6.07, 6.45) is 5.54. The van der Waals surface area contributed by atoms with Crippen LogP contribution in [-0.4, -0.2) is 34.6 Å². The molecule has 2 aliphatic rings. The van der Waals surface area contributed by atoms with Gasteiger partial charge in [0.05, 0.1) is 12.7 Å². The van der Waals surface area contributed by atoms with Gasteiger partial charge in [0.1, 0.15) is 5.76 Å². The second kappa shape index (κ2) is 4.91. The van der Waals surface area contributed by atoms with Gasteiger partial charge in [0.25, 0.3) is 0 Å². The van der Waals surface area contributed by atoms with Crippen LogP contribution in [0.25, 0.3) is 0 Å². The zero-order valence-corrected chi connectivity index (χ0v) is 12.3. The first-order valence-electron chi connectivity index (χ1n) is 7.53. The third-order valence-electron chi connectivity index (χ3n) is 4.72. The summed E-state index contributed by atoms with van der Waals surface area (Å²) in [5.41, 5.74) is 0.284. The lowest BCUT2D eigenvalue weighted by molar-refractivity contribution is 0.0694. The van der Waals surface area contributed by atoms with Crippen molar-refractivity contribution in [3.63, 3.8) is 0 Å². The van der Waals surface area contributed by atoms with Crippen LogP contribution in [0.15, 0.2) is 10.6 Å². The lowest BCUT2D eigenvalue weighted by Gasteiger charge is -2.45. The van der Waals surface area contributed by atoms with E-state index in [4.69, 9.17) is 4.42 Å². The lowest BCUT2D eigenvalue weighted by Crippen LogP contribution is -2.62. The molecule has 0 spiro atoms. The van der Waals surface area contributed by atoms with Crippen LogP contribution < -0.4 is 5.32 Å². The molecular weight excluding hydrogens is 238 g/mol. The van der Waals surface area contributed by atoms with Gasteiger partial charge in [-0.15, -0.1) is 0 Å². The maximum Gasteiger partial charge on any atom is 0.208 e. The summed E-state index contributed by atoms with van der Waals surface area (Å²) in [5, 5.41) is 3.75. The van der Waals surface area contributed by atoms with Crippen LogP contribution in [0, 0.1) is 5.92 Å². The summed E-state index contributed by atoms with van der Waals surface area (Å²) in [7, 11) is 0. The number of oxazole rings is 1. The first-order valence-corrected chi connectivity index (χ1v) is 7.53. The highest BCUT2D eigenvalue weighted by Crippen LogP contribution is 2.41. The Morgan fingerprint density at radius 3 is 2.95 bits per heavy atom. The van der Waals surface area contributed by atoms with Crippen LogP contribution in [0.2, 0.25) is 0 Å². The van der Waals surface area contributed by atoms with Gasteiger partial charge in [0, 0.05) is 31.1 Å². The van der Waals surface area contributed by atoms with Crippen molar-refractivity contribution in [2.24, 2.45) is 5.92 Å². The van der Waals surface area contributed by atoms with Crippen LogP contribution >= 0.6 is 0 Å². The quantitative estimate of drug-likeness (QED) is 0.904. The Kier molecular flexibility index (Phi) is 3.39. The number of rotatable bonds is 4. The van der Waals surface area contributed by atoms with Gasteiger partial charge in [-0.3, -0.25) is 4.90 Å². The molecule has 4 heteroatoms. The van der Waals surface area contributed by atoms with Crippen molar-refractivity contribution >= 4 is 0 Å². The van der Waals surface area contributed by atoms with Gasteiger partial charge in [0.15, 0.2) is 0 Å². The van der Waals surface area contributed by atoms with E-state index in [9.17, 15) is 0 Å². The van der Waals surface area contributed by atoms with E-state index in [1.807, 2.05) is 6.20 Å². The topological polar surface area (TPSA) is 41.3 Å². The maximum atomic E-state index is 5.75. The fourth-order valence-electron chi connectivity index (χ4n) is 3.11. The second-order valence-corrected chi connectivity index (χ2v) is 6.40. The molecule has 1 saturated heterocycles. The molecule has 1 saturated carbocycles. The molecule has 106 valence electrons. The van der Waals surface area contributed by atoms with Crippen molar-refractivity contribution in [2.75, 3.05) is 13.1 Å². The third kappa shape index (κ3) is 2.70. The Bertz CT molecular complexity index is 440. The molecule has 4 nitrogen and oxygen atoms in total. The summed E-state index contributed by atoms with van der Waals surface area (Å²) in [6.45, 7) is 9.75. The molecule has 1 N–H and O–H groups in total. The van der Waals surface area contributed by atoms with Gasteiger partial charge >= 0.3 is 0 Å². The van der Waals surface area contributed by atoms with E-state index in [-0.39, 0.29) is 5.54 Å². The number of aromatic nitrogens is 1. The van der Waals surface area contributed by atoms with Crippen molar-refractivity contribution in [3.8, 4) is 0 Å². The van der Waals surface area contributed by atoms with Crippen molar-refractivity contribution in [1.29, 1.82) is 0 Å². The number of hydrogen-bond acceptors (Lipinski definition) is 4. The highest BCUT2D eigenvalue weighted by molar-refractivity contribution is 5.04. The number of nitrogens with one attached hydrogen (secondary N) is 1. The zero-order chi connectivity index (χ0) is 13.5. The molecular formula is C15H25N3O. The van der Waals surface area contributed by atoms with Gasteiger partial charge in [-0.2, -0.15) is 0 Å². The summed E-state index contributed by atoms with van der Waals surface area (Å²) in [4.78, 5) is 6.91. The van der Waals surface area contributed by atoms with Crippen molar-refractivity contribution in [1.82, 2.24) is 15.2 Å². The average molecular weight is 263 g/mol. The van der Waals surface area contributed by atoms with Crippen LogP contribution in [-0.2, 0) is 13.0 Å². The molecule has 0 radical (unpaired) electrons. The highest BCUT2D eigenvalue weighted by Gasteiger charge is 2.45. The van der Waals surface area contributed by atoms with Gasteiger partial charge in [-0.25, -0.2) is 4.98 Å². The number of piperazine rings is 1. The van der Waals surface area contributed by atoms with Gasteiger partial charge in [0.2, 0.25) is 5.89 Å². The van der Waals surface area contributed by atoms with E-state index in [0.717, 1.165) is 43.6 Å². The van der Waals surface area contributed by atoms with E-state index in [0.29, 0.717) is 6.04 Å². The van der Waals surface area contributed by atoms with Crippen LogP contribution in [0.4, 0.5) is 0 Å². The standard InChI is InChI=1S/C15H25N3O/c1-4-13-8-16-14(19-13)9-18-10-15(3,12-5-6-12)17-7-11(18)2/h8,11-12,17H,4-7,9-10H2,1-3H3. The molecule has 1 aromatic heterocycles. The zero-order valence-electron chi connectivity index (χ0n) is 12.3. The predicted molar refractivity (Wildman–Crippen MR) is 74.9 cm³/mol. The van der Waals surface area contributed by atoms with Crippen molar-refractivity contribution < 1.29 is 4.42 Å². The van der Waals surface area contributed by atoms with Gasteiger partial charge in [-0.1, -0.05) is 6.92 Å².